The van der Waals surface area contributed by atoms with Crippen LogP contribution < -0.4 is 10.6 Å². The quantitative estimate of drug-likeness (QED) is 0.744. The second-order valence-corrected chi connectivity index (χ2v) is 9.26. The number of nitrogens with one attached hydrogen (secondary N) is 2. The van der Waals surface area contributed by atoms with Crippen molar-refractivity contribution in [3.8, 4) is 0 Å². The molecule has 0 aromatic heterocycles. The summed E-state index contributed by atoms with van der Waals surface area (Å²) in [6.07, 6.45) is 0. The molecule has 0 heterocycles. The molecule has 0 radical (unpaired) electrons. The van der Waals surface area contributed by atoms with Crippen LogP contribution in [0, 0.1) is 12.8 Å². The number of hydrogen-bond acceptors (Lipinski definition) is 4. The fraction of sp³-hybridized carbons (Fsp3) is 0.333. The van der Waals surface area contributed by atoms with Gasteiger partial charge in [0.05, 0.1) is 10.6 Å². The van der Waals surface area contributed by atoms with Crippen molar-refractivity contribution < 1.29 is 18.0 Å². The number of amides is 2. The van der Waals surface area contributed by atoms with Crippen molar-refractivity contribution in [2.75, 3.05) is 11.1 Å². The van der Waals surface area contributed by atoms with Crippen molar-refractivity contribution in [2.24, 2.45) is 5.92 Å². The number of anilines is 1. The van der Waals surface area contributed by atoms with Crippen LogP contribution in [0.15, 0.2) is 53.4 Å². The molecule has 2 amide bonds. The van der Waals surface area contributed by atoms with Gasteiger partial charge in [-0.2, -0.15) is 0 Å². The van der Waals surface area contributed by atoms with Crippen molar-refractivity contribution >= 4 is 27.3 Å². The maximum atomic E-state index is 12.7. The van der Waals surface area contributed by atoms with Gasteiger partial charge in [0.1, 0.15) is 6.04 Å². The number of aryl methyl sites for hydroxylation is 1. The predicted octanol–water partition coefficient (Wildman–Crippen LogP) is 3.18. The fourth-order valence-electron chi connectivity index (χ4n) is 2.68. The van der Waals surface area contributed by atoms with Crippen molar-refractivity contribution in [3.63, 3.8) is 0 Å². The van der Waals surface area contributed by atoms with Gasteiger partial charge in [-0.25, -0.2) is 8.42 Å². The summed E-state index contributed by atoms with van der Waals surface area (Å²) in [5.74, 6) is -0.795. The van der Waals surface area contributed by atoms with Crippen LogP contribution in [-0.2, 0) is 14.6 Å². The number of rotatable bonds is 7. The van der Waals surface area contributed by atoms with Crippen molar-refractivity contribution in [1.82, 2.24) is 5.32 Å². The third kappa shape index (κ3) is 5.42. The molecule has 150 valence electrons. The van der Waals surface area contributed by atoms with E-state index in [9.17, 15) is 18.0 Å². The van der Waals surface area contributed by atoms with Crippen LogP contribution in [0.2, 0.25) is 0 Å². The zero-order valence-electron chi connectivity index (χ0n) is 16.5. The van der Waals surface area contributed by atoms with Gasteiger partial charge < -0.3 is 10.6 Å². The highest BCUT2D eigenvalue weighted by Crippen LogP contribution is 2.16. The summed E-state index contributed by atoms with van der Waals surface area (Å²) >= 11 is 0. The second-order valence-electron chi connectivity index (χ2n) is 6.98. The second kappa shape index (κ2) is 9.01. The van der Waals surface area contributed by atoms with Gasteiger partial charge in [0.2, 0.25) is 5.91 Å². The molecular weight excluding hydrogens is 376 g/mol. The molecule has 0 aliphatic rings. The average Bonchev–Trinajstić information content (AvgIpc) is 2.66. The third-order valence-corrected chi connectivity index (χ3v) is 6.13. The zero-order chi connectivity index (χ0) is 20.9. The van der Waals surface area contributed by atoms with Crippen LogP contribution in [0.25, 0.3) is 0 Å². The Kier molecular flexibility index (Phi) is 6.96. The molecule has 2 N–H and O–H groups in total. The first-order valence-electron chi connectivity index (χ1n) is 9.15. The van der Waals surface area contributed by atoms with Gasteiger partial charge in [-0.1, -0.05) is 38.5 Å². The molecule has 2 aromatic rings. The Hall–Kier alpha value is -2.67. The molecule has 0 fully saturated rings. The first-order chi connectivity index (χ1) is 13.1. The maximum Gasteiger partial charge on any atom is 0.251 e. The third-order valence-electron chi connectivity index (χ3n) is 4.38. The van der Waals surface area contributed by atoms with Crippen LogP contribution in [-0.4, -0.2) is 32.0 Å². The van der Waals surface area contributed by atoms with Crippen molar-refractivity contribution in [1.29, 1.82) is 0 Å². The SMILES string of the molecule is CCS(=O)(=O)c1ccc(NC(=O)[C@@H](NC(=O)c2cccc(C)c2)C(C)C)cc1. The van der Waals surface area contributed by atoms with E-state index in [4.69, 9.17) is 0 Å². The van der Waals surface area contributed by atoms with E-state index in [0.29, 0.717) is 11.3 Å². The summed E-state index contributed by atoms with van der Waals surface area (Å²) in [7, 11) is -3.29. The first-order valence-corrected chi connectivity index (χ1v) is 10.8. The van der Waals surface area contributed by atoms with E-state index in [-0.39, 0.29) is 28.4 Å². The molecule has 1 atom stereocenters. The van der Waals surface area contributed by atoms with Crippen molar-refractivity contribution in [2.45, 2.75) is 38.6 Å². The van der Waals surface area contributed by atoms with Crippen LogP contribution in [0.5, 0.6) is 0 Å². The van der Waals surface area contributed by atoms with Gasteiger partial charge in [0, 0.05) is 11.3 Å². The van der Waals surface area contributed by atoms with Gasteiger partial charge in [-0.15, -0.1) is 0 Å². The minimum atomic E-state index is -3.29. The number of sulfone groups is 1. The summed E-state index contributed by atoms with van der Waals surface area (Å²) in [4.78, 5) is 25.4. The van der Waals surface area contributed by atoms with Crippen LogP contribution >= 0.6 is 0 Å². The zero-order valence-corrected chi connectivity index (χ0v) is 17.3. The lowest BCUT2D eigenvalue weighted by Gasteiger charge is -2.22. The Bertz CT molecular complexity index is 951. The van der Waals surface area contributed by atoms with Gasteiger partial charge in [0.25, 0.3) is 5.91 Å². The predicted molar refractivity (Wildman–Crippen MR) is 110 cm³/mol. The van der Waals surface area contributed by atoms with Gasteiger partial charge in [-0.3, -0.25) is 9.59 Å². The van der Waals surface area contributed by atoms with Gasteiger partial charge in [-0.05, 0) is 49.2 Å². The fourth-order valence-corrected chi connectivity index (χ4v) is 3.56. The number of carbonyl (C=O) groups excluding carboxylic acids is 2. The molecule has 7 heteroatoms. The standard InChI is InChI=1S/C21H26N2O4S/c1-5-28(26,27)18-11-9-17(10-12-18)22-21(25)19(14(2)3)23-20(24)16-8-6-7-15(4)13-16/h6-14,19H,5H2,1-4H3,(H,22,25)(H,23,24)/t19-/m0/s1. The Morgan fingerprint density at radius 3 is 2.21 bits per heavy atom. The Morgan fingerprint density at radius 1 is 1.04 bits per heavy atom. The largest absolute Gasteiger partial charge is 0.340 e. The molecule has 0 bridgehead atoms. The number of carbonyl (C=O) groups is 2. The van der Waals surface area contributed by atoms with E-state index >= 15 is 0 Å². The van der Waals surface area contributed by atoms with Gasteiger partial charge in [0.15, 0.2) is 9.84 Å². The van der Waals surface area contributed by atoms with Gasteiger partial charge >= 0.3 is 0 Å². The monoisotopic (exact) mass is 402 g/mol. The Balaban J connectivity index is 2.12. The van der Waals surface area contributed by atoms with Crippen molar-refractivity contribution in [3.05, 3.63) is 59.7 Å². The summed E-state index contributed by atoms with van der Waals surface area (Å²) in [5, 5.41) is 5.52. The molecule has 2 rings (SSSR count). The average molecular weight is 403 g/mol. The van der Waals surface area contributed by atoms with E-state index in [1.165, 1.54) is 12.1 Å². The molecule has 2 aromatic carbocycles. The van der Waals surface area contributed by atoms with Crippen LogP contribution in [0.4, 0.5) is 5.69 Å². The lowest BCUT2D eigenvalue weighted by atomic mass is 10.0. The first kappa shape index (κ1) is 21.6. The molecule has 0 unspecified atom stereocenters. The maximum absolute atomic E-state index is 12.7. The molecule has 0 aliphatic heterocycles. The molecule has 0 saturated carbocycles. The lowest BCUT2D eigenvalue weighted by molar-refractivity contribution is -0.118. The smallest absolute Gasteiger partial charge is 0.251 e. The summed E-state index contributed by atoms with van der Waals surface area (Å²) in [6, 6.07) is 12.4. The normalized spacial score (nSPS) is 12.5. The molecule has 0 saturated heterocycles. The highest BCUT2D eigenvalue weighted by molar-refractivity contribution is 7.91. The minimum absolute atomic E-state index is 0.0130. The lowest BCUT2D eigenvalue weighted by Crippen LogP contribution is -2.47. The highest BCUT2D eigenvalue weighted by atomic mass is 32.2. The molecule has 28 heavy (non-hydrogen) atoms. The molecule has 0 spiro atoms. The highest BCUT2D eigenvalue weighted by Gasteiger charge is 2.25. The number of benzene rings is 2. The van der Waals surface area contributed by atoms with E-state index in [1.54, 1.807) is 37.3 Å². The topological polar surface area (TPSA) is 92.3 Å². The van der Waals surface area contributed by atoms with E-state index < -0.39 is 15.9 Å². The van der Waals surface area contributed by atoms with Crippen LogP contribution in [0.3, 0.4) is 0 Å². The summed E-state index contributed by atoms with van der Waals surface area (Å²) in [6.45, 7) is 7.16. The molecule has 0 aliphatic carbocycles. The van der Waals surface area contributed by atoms with E-state index in [2.05, 4.69) is 10.6 Å². The Labute approximate surface area is 166 Å². The van der Waals surface area contributed by atoms with E-state index in [1.807, 2.05) is 26.8 Å². The van der Waals surface area contributed by atoms with E-state index in [0.717, 1.165) is 5.56 Å². The number of hydrogen-bond donors (Lipinski definition) is 2. The summed E-state index contributed by atoms with van der Waals surface area (Å²) < 4.78 is 23.8. The van der Waals surface area contributed by atoms with Crippen LogP contribution in [0.1, 0.15) is 36.7 Å². The minimum Gasteiger partial charge on any atom is -0.340 e. The Morgan fingerprint density at radius 2 is 1.68 bits per heavy atom. The molecular formula is C21H26N2O4S. The summed E-state index contributed by atoms with van der Waals surface area (Å²) in [5.41, 5.74) is 1.92. The molecule has 6 nitrogen and oxygen atoms in total.